The number of hydrogen-bond acceptors (Lipinski definition) is 9. The molecule has 44 heavy (non-hydrogen) atoms. The van der Waals surface area contributed by atoms with E-state index in [1.54, 1.807) is 31.0 Å². The first-order valence-electron chi connectivity index (χ1n) is 14.5. The molecule has 1 aromatic carbocycles. The van der Waals surface area contributed by atoms with Gasteiger partial charge in [-0.3, -0.25) is 9.59 Å². The quantitative estimate of drug-likeness (QED) is 0.163. The number of benzene rings is 1. The molecule has 2 amide bonds. The van der Waals surface area contributed by atoms with Crippen molar-refractivity contribution in [1.29, 1.82) is 5.41 Å². The third-order valence-electron chi connectivity index (χ3n) is 7.97. The molecule has 13 heteroatoms. The van der Waals surface area contributed by atoms with Crippen LogP contribution in [0.2, 0.25) is 5.02 Å². The van der Waals surface area contributed by atoms with Crippen LogP contribution in [0.25, 0.3) is 11.1 Å². The summed E-state index contributed by atoms with van der Waals surface area (Å²) in [4.78, 5) is 42.1. The first-order valence-corrected chi connectivity index (χ1v) is 14.9. The van der Waals surface area contributed by atoms with Gasteiger partial charge in [-0.2, -0.15) is 5.10 Å². The van der Waals surface area contributed by atoms with Crippen molar-refractivity contribution in [3.8, 4) is 11.1 Å². The van der Waals surface area contributed by atoms with Crippen LogP contribution in [0.15, 0.2) is 53.8 Å². The van der Waals surface area contributed by atoms with Crippen LogP contribution in [0.5, 0.6) is 0 Å². The summed E-state index contributed by atoms with van der Waals surface area (Å²) in [6.07, 6.45) is 2.57. The molecule has 1 fully saturated rings. The predicted molar refractivity (Wildman–Crippen MR) is 173 cm³/mol. The standard InChI is InChI=1S/C31H37ClN10O2/c1-19(26-6-5-7-29(37-26)41-12-10-40(4)11-13-41)36-30(43)20(2)42-18-22-9-8-21(14-24(22)31(42)44)23-15-27(35-17-25(23)32)38-28(16-33)39-34-3/h5-9,14-17,19-20,33-34H,10-13,18H2,1-4H3,(H,36,43)(H,35,38,39)/t19-,20-/m1/s1. The van der Waals surface area contributed by atoms with E-state index in [1.807, 2.05) is 37.3 Å². The Bertz CT molecular complexity index is 1590. The highest BCUT2D eigenvalue weighted by atomic mass is 35.5. The molecule has 230 valence electrons. The van der Waals surface area contributed by atoms with Gasteiger partial charge in [0.2, 0.25) is 5.91 Å². The first kappa shape index (κ1) is 30.9. The molecular formula is C31H37ClN10O2. The highest BCUT2D eigenvalue weighted by Crippen LogP contribution is 2.34. The molecule has 0 saturated carbocycles. The summed E-state index contributed by atoms with van der Waals surface area (Å²) in [6.45, 7) is 7.76. The average molecular weight is 617 g/mol. The summed E-state index contributed by atoms with van der Waals surface area (Å²) < 4.78 is 0. The van der Waals surface area contributed by atoms with Gasteiger partial charge in [0.25, 0.3) is 5.91 Å². The molecule has 4 N–H and O–H groups in total. The molecular weight excluding hydrogens is 580 g/mol. The van der Waals surface area contributed by atoms with Gasteiger partial charge in [0.15, 0.2) is 5.84 Å². The molecule has 12 nitrogen and oxygen atoms in total. The van der Waals surface area contributed by atoms with E-state index in [1.165, 1.54) is 6.20 Å². The molecule has 3 aromatic rings. The van der Waals surface area contributed by atoms with Crippen LogP contribution in [-0.2, 0) is 11.3 Å². The third kappa shape index (κ3) is 6.66. The molecule has 0 unspecified atom stereocenters. The summed E-state index contributed by atoms with van der Waals surface area (Å²) >= 11 is 6.49. The largest absolute Gasteiger partial charge is 0.354 e. The number of carbonyl (C=O) groups is 2. The summed E-state index contributed by atoms with van der Waals surface area (Å²) in [6, 6.07) is 12.2. The number of nitrogens with one attached hydrogen (secondary N) is 4. The van der Waals surface area contributed by atoms with Gasteiger partial charge in [-0.1, -0.05) is 29.8 Å². The second kappa shape index (κ2) is 13.4. The van der Waals surface area contributed by atoms with Gasteiger partial charge in [-0.25, -0.2) is 9.97 Å². The Balaban J connectivity index is 1.27. The monoisotopic (exact) mass is 616 g/mol. The Kier molecular flexibility index (Phi) is 9.40. The molecule has 1 saturated heterocycles. The second-order valence-electron chi connectivity index (χ2n) is 11.0. The van der Waals surface area contributed by atoms with Crippen LogP contribution in [0.1, 0.15) is 41.5 Å². The third-order valence-corrected chi connectivity index (χ3v) is 8.27. The lowest BCUT2D eigenvalue weighted by atomic mass is 10.0. The molecule has 0 bridgehead atoms. The first-order chi connectivity index (χ1) is 21.2. The fraction of sp³-hybridized carbons (Fsp3) is 0.355. The second-order valence-corrected chi connectivity index (χ2v) is 11.4. The zero-order valence-electron chi connectivity index (χ0n) is 25.3. The molecule has 2 aromatic heterocycles. The van der Waals surface area contributed by atoms with E-state index >= 15 is 0 Å². The number of piperazine rings is 1. The number of rotatable bonds is 9. The number of amidine groups is 1. The number of amides is 2. The lowest BCUT2D eigenvalue weighted by Crippen LogP contribution is -2.46. The highest BCUT2D eigenvalue weighted by Gasteiger charge is 2.34. The van der Waals surface area contributed by atoms with Crippen LogP contribution in [0.3, 0.4) is 0 Å². The van der Waals surface area contributed by atoms with Gasteiger partial charge in [-0.15, -0.1) is 0 Å². The van der Waals surface area contributed by atoms with Crippen LogP contribution in [0.4, 0.5) is 11.6 Å². The van der Waals surface area contributed by atoms with Gasteiger partial charge in [-0.05, 0) is 56.3 Å². The van der Waals surface area contributed by atoms with Gasteiger partial charge in [0, 0.05) is 57.1 Å². The lowest BCUT2D eigenvalue weighted by Gasteiger charge is -2.33. The average Bonchev–Trinajstić information content (AvgIpc) is 3.36. The number of pyridine rings is 2. The van der Waals surface area contributed by atoms with Gasteiger partial charge in [0.05, 0.1) is 23.0 Å². The number of anilines is 2. The minimum atomic E-state index is -0.687. The van der Waals surface area contributed by atoms with Crippen LogP contribution in [-0.4, -0.2) is 89.9 Å². The van der Waals surface area contributed by atoms with Gasteiger partial charge >= 0.3 is 0 Å². The maximum absolute atomic E-state index is 13.6. The Labute approximate surface area is 262 Å². The van der Waals surface area contributed by atoms with E-state index in [0.29, 0.717) is 28.5 Å². The summed E-state index contributed by atoms with van der Waals surface area (Å²) in [5, 5.41) is 17.9. The number of nitrogens with zero attached hydrogens (tertiary/aromatic N) is 6. The minimum Gasteiger partial charge on any atom is -0.354 e. The number of hydrazone groups is 1. The summed E-state index contributed by atoms with van der Waals surface area (Å²) in [5.41, 5.74) is 6.16. The van der Waals surface area contributed by atoms with Crippen molar-refractivity contribution >= 4 is 47.1 Å². The van der Waals surface area contributed by atoms with Crippen molar-refractivity contribution in [3.05, 3.63) is 70.5 Å². The molecule has 4 heterocycles. The van der Waals surface area contributed by atoms with Crippen molar-refractivity contribution in [3.63, 3.8) is 0 Å². The number of likely N-dealkylation sites (N-methyl/N-ethyl adjacent to an activating group) is 1. The van der Waals surface area contributed by atoms with Gasteiger partial charge in [0.1, 0.15) is 17.7 Å². The van der Waals surface area contributed by atoms with Crippen molar-refractivity contribution < 1.29 is 9.59 Å². The minimum absolute atomic E-state index is 0.219. The Morgan fingerprint density at radius 1 is 1.11 bits per heavy atom. The van der Waals surface area contributed by atoms with E-state index in [9.17, 15) is 9.59 Å². The maximum Gasteiger partial charge on any atom is 0.255 e. The lowest BCUT2D eigenvalue weighted by molar-refractivity contribution is -0.125. The van der Waals surface area contributed by atoms with Crippen molar-refractivity contribution in [1.82, 2.24) is 30.5 Å². The van der Waals surface area contributed by atoms with Crippen LogP contribution < -0.4 is 21.0 Å². The number of carbonyl (C=O) groups excluding carboxylic acids is 2. The Hall–Kier alpha value is -4.55. The van der Waals surface area contributed by atoms with Crippen molar-refractivity contribution in [2.45, 2.75) is 32.5 Å². The summed E-state index contributed by atoms with van der Waals surface area (Å²) in [7, 11) is 3.75. The van der Waals surface area contributed by atoms with Crippen LogP contribution in [0, 0.1) is 5.41 Å². The molecule has 2 aliphatic heterocycles. The molecule has 2 atom stereocenters. The zero-order chi connectivity index (χ0) is 31.4. The van der Waals surface area contributed by atoms with Crippen molar-refractivity contribution in [2.75, 3.05) is 50.5 Å². The molecule has 5 rings (SSSR count). The van der Waals surface area contributed by atoms with E-state index in [-0.39, 0.29) is 23.7 Å². The number of fused-ring (bicyclic) bond motifs is 1. The zero-order valence-corrected chi connectivity index (χ0v) is 26.0. The van der Waals surface area contributed by atoms with E-state index in [4.69, 9.17) is 22.0 Å². The fourth-order valence-electron chi connectivity index (χ4n) is 5.32. The normalized spacial score (nSPS) is 16.8. The smallest absolute Gasteiger partial charge is 0.255 e. The molecule has 2 aliphatic rings. The topological polar surface area (TPSA) is 142 Å². The highest BCUT2D eigenvalue weighted by molar-refractivity contribution is 6.34. The van der Waals surface area contributed by atoms with Gasteiger partial charge < -0.3 is 36.2 Å². The van der Waals surface area contributed by atoms with E-state index in [2.05, 4.69) is 43.0 Å². The predicted octanol–water partition coefficient (Wildman–Crippen LogP) is 3.36. The number of hydrogen-bond donors (Lipinski definition) is 4. The molecule has 0 aliphatic carbocycles. The number of halogens is 1. The van der Waals surface area contributed by atoms with Crippen LogP contribution >= 0.6 is 11.6 Å². The van der Waals surface area contributed by atoms with E-state index in [0.717, 1.165) is 55.0 Å². The SMILES string of the molecule is CN/N=C(\C=N)Nc1cc(-c2ccc3c(c2)C(=O)N([C@H](C)C(=O)N[C@H](C)c2cccc(N4CCN(C)CC4)n2)C3)c(Cl)cn1. The fourth-order valence-corrected chi connectivity index (χ4v) is 5.53. The number of aromatic nitrogens is 2. The molecule has 0 spiro atoms. The van der Waals surface area contributed by atoms with E-state index < -0.39 is 6.04 Å². The Morgan fingerprint density at radius 2 is 1.89 bits per heavy atom. The van der Waals surface area contributed by atoms with Crippen molar-refractivity contribution in [2.24, 2.45) is 5.10 Å². The maximum atomic E-state index is 13.6. The Morgan fingerprint density at radius 3 is 2.61 bits per heavy atom. The molecule has 0 radical (unpaired) electrons. The summed E-state index contributed by atoms with van der Waals surface area (Å²) in [5.74, 6) is 1.16.